The van der Waals surface area contributed by atoms with E-state index in [1.165, 1.54) is 0 Å². The predicted molar refractivity (Wildman–Crippen MR) is 208 cm³/mol. The fourth-order valence-corrected chi connectivity index (χ4v) is 8.67. The van der Waals surface area contributed by atoms with Gasteiger partial charge in [0.2, 0.25) is 0 Å². The van der Waals surface area contributed by atoms with Crippen LogP contribution in [0.25, 0.3) is 0 Å². The van der Waals surface area contributed by atoms with Gasteiger partial charge in [0.1, 0.15) is 5.75 Å². The number of phenolic OH excluding ortho intramolecular Hbond substituents is 1. The number of nitrogens with zero attached hydrogens (tertiary/aromatic N) is 4. The minimum Gasteiger partial charge on any atom is -0.507 e. The van der Waals surface area contributed by atoms with Gasteiger partial charge in [-0.15, -0.1) is 0 Å². The van der Waals surface area contributed by atoms with E-state index in [1.807, 2.05) is 67.0 Å². The van der Waals surface area contributed by atoms with Crippen LogP contribution in [-0.4, -0.2) is 120 Å². The highest BCUT2D eigenvalue weighted by Crippen LogP contribution is 2.33. The Kier molecular flexibility index (Phi) is 14.2. The van der Waals surface area contributed by atoms with E-state index in [1.54, 1.807) is 4.90 Å². The number of likely N-dealkylation sites (tertiary alicyclic amines) is 3. The number of hydrogen-bond donors (Lipinski definition) is 2. The number of urea groups is 1. The van der Waals surface area contributed by atoms with E-state index in [0.717, 1.165) is 68.4 Å². The zero-order chi connectivity index (χ0) is 37.5. The molecule has 0 radical (unpaired) electrons. The molecule has 1 atom stereocenters. The topological polar surface area (TPSA) is 132 Å². The van der Waals surface area contributed by atoms with Crippen LogP contribution in [-0.2, 0) is 31.9 Å². The fourth-order valence-electron chi connectivity index (χ4n) is 8.67. The Balaban J connectivity index is 0.00000561. The number of fused-ring (bicyclic) bond motifs is 1. The smallest absolute Gasteiger partial charge is 0.410 e. The number of carbonyl (C=O) groups excluding carboxylic acids is 4. The van der Waals surface area contributed by atoms with Crippen LogP contribution in [0.1, 0.15) is 81.5 Å². The Labute approximate surface area is 321 Å². The quantitative estimate of drug-likeness (QED) is 0.277. The number of aryl methyl sites for hydroxylation is 2. The summed E-state index contributed by atoms with van der Waals surface area (Å²) in [5.41, 5.74) is 4.22. The summed E-state index contributed by atoms with van der Waals surface area (Å²) < 4.78 is 11.4. The minimum atomic E-state index is -0.995. The normalized spacial score (nSPS) is 19.6. The summed E-state index contributed by atoms with van der Waals surface area (Å²) in [6, 6.07) is 11.5. The second-order valence-electron chi connectivity index (χ2n) is 15.4. The molecule has 12 nitrogen and oxygen atoms in total. The lowest BCUT2D eigenvalue weighted by molar-refractivity contribution is -0.145. The number of piperidine rings is 3. The van der Waals surface area contributed by atoms with Crippen molar-refractivity contribution >= 4 is 29.7 Å². The maximum atomic E-state index is 14.2. The van der Waals surface area contributed by atoms with E-state index >= 15 is 0 Å². The number of anilines is 1. The van der Waals surface area contributed by atoms with Crippen molar-refractivity contribution in [3.8, 4) is 5.75 Å². The molecule has 3 fully saturated rings. The van der Waals surface area contributed by atoms with Crippen molar-refractivity contribution in [3.05, 3.63) is 58.7 Å². The maximum Gasteiger partial charge on any atom is 0.410 e. The molecule has 4 amide bonds. The third kappa shape index (κ3) is 10.0. The fraction of sp³-hybridized carbons (Fsp3) is 0.619. The molecule has 12 heteroatoms. The SMILES string of the molecule is C.CCCOC(=O)CN1CCC(C2CCN(C(=O)[C@@H](Cc3cc(C)c(O)c(C)c3)OC(=O)N3CCC(N4CCc5ccccc5NC4=O)CC3)CC2)CC1. The average Bonchev–Trinajstić information content (AvgIpc) is 3.34. The van der Waals surface area contributed by atoms with Gasteiger partial charge in [0.05, 0.1) is 13.2 Å². The Morgan fingerprint density at radius 3 is 2.13 bits per heavy atom. The highest BCUT2D eigenvalue weighted by atomic mass is 16.6. The van der Waals surface area contributed by atoms with Gasteiger partial charge in [-0.1, -0.05) is 44.7 Å². The van der Waals surface area contributed by atoms with Crippen molar-refractivity contribution < 1.29 is 33.8 Å². The van der Waals surface area contributed by atoms with Crippen molar-refractivity contribution in [2.24, 2.45) is 11.8 Å². The molecule has 0 bridgehead atoms. The second-order valence-corrected chi connectivity index (χ2v) is 15.4. The molecule has 0 aromatic heterocycles. The van der Waals surface area contributed by atoms with Gasteiger partial charge in [0, 0.05) is 50.9 Å². The highest BCUT2D eigenvalue weighted by molar-refractivity contribution is 5.91. The van der Waals surface area contributed by atoms with Crippen LogP contribution in [0.4, 0.5) is 15.3 Å². The van der Waals surface area contributed by atoms with Gasteiger partial charge < -0.3 is 34.6 Å². The van der Waals surface area contributed by atoms with E-state index in [2.05, 4.69) is 10.2 Å². The number of phenols is 1. The molecule has 2 aromatic rings. The van der Waals surface area contributed by atoms with Gasteiger partial charge in [-0.3, -0.25) is 14.5 Å². The van der Waals surface area contributed by atoms with Crippen molar-refractivity contribution in [1.29, 1.82) is 0 Å². The molecule has 4 aliphatic heterocycles. The van der Waals surface area contributed by atoms with Crippen LogP contribution in [0, 0.1) is 25.7 Å². The monoisotopic (exact) mass is 747 g/mol. The summed E-state index contributed by atoms with van der Waals surface area (Å²) >= 11 is 0. The predicted octanol–water partition coefficient (Wildman–Crippen LogP) is 6.15. The summed E-state index contributed by atoms with van der Waals surface area (Å²) in [6.07, 6.45) is 5.43. The largest absolute Gasteiger partial charge is 0.507 e. The first-order chi connectivity index (χ1) is 25.6. The Morgan fingerprint density at radius 2 is 1.48 bits per heavy atom. The van der Waals surface area contributed by atoms with Gasteiger partial charge in [-0.25, -0.2) is 9.59 Å². The van der Waals surface area contributed by atoms with E-state index in [9.17, 15) is 24.3 Å². The minimum absolute atomic E-state index is 0. The molecule has 4 heterocycles. The number of nitrogens with one attached hydrogen (secondary N) is 1. The van der Waals surface area contributed by atoms with Gasteiger partial charge in [0.25, 0.3) is 5.91 Å². The van der Waals surface area contributed by atoms with Crippen LogP contribution in [0.2, 0.25) is 0 Å². The first-order valence-electron chi connectivity index (χ1n) is 19.7. The van der Waals surface area contributed by atoms with Gasteiger partial charge >= 0.3 is 18.1 Å². The van der Waals surface area contributed by atoms with Gasteiger partial charge in [-0.05, 0) is 118 Å². The number of rotatable bonds is 10. The number of ether oxygens (including phenoxy) is 2. The highest BCUT2D eigenvalue weighted by Gasteiger charge is 2.37. The molecule has 4 aliphatic rings. The van der Waals surface area contributed by atoms with Crippen LogP contribution in [0.5, 0.6) is 5.75 Å². The molecule has 0 saturated carbocycles. The van der Waals surface area contributed by atoms with Crippen molar-refractivity contribution in [1.82, 2.24) is 19.6 Å². The number of amides is 4. The number of benzene rings is 2. The Bertz CT molecular complexity index is 1590. The number of carbonyl (C=O) groups is 4. The Hall–Kier alpha value is -4.32. The average molecular weight is 748 g/mol. The molecule has 2 aromatic carbocycles. The molecule has 2 N–H and O–H groups in total. The molecular weight excluding hydrogens is 686 g/mol. The lowest BCUT2D eigenvalue weighted by atomic mass is 9.78. The van der Waals surface area contributed by atoms with Crippen LogP contribution >= 0.6 is 0 Å². The van der Waals surface area contributed by atoms with Crippen LogP contribution in [0.3, 0.4) is 0 Å². The lowest BCUT2D eigenvalue weighted by Gasteiger charge is -2.41. The summed E-state index contributed by atoms with van der Waals surface area (Å²) in [4.78, 5) is 60.7. The number of hydrogen-bond acceptors (Lipinski definition) is 8. The lowest BCUT2D eigenvalue weighted by Crippen LogP contribution is -2.52. The van der Waals surface area contributed by atoms with E-state index in [4.69, 9.17) is 9.47 Å². The molecular formula is C42H61N5O7. The number of aromatic hydroxyl groups is 1. The second kappa shape index (κ2) is 18.8. The molecule has 0 spiro atoms. The number of esters is 1. The third-order valence-electron chi connectivity index (χ3n) is 11.8. The van der Waals surface area contributed by atoms with E-state index < -0.39 is 12.2 Å². The zero-order valence-electron chi connectivity index (χ0n) is 31.7. The summed E-state index contributed by atoms with van der Waals surface area (Å²) in [7, 11) is 0. The molecule has 0 aliphatic carbocycles. The maximum absolute atomic E-state index is 14.2. The third-order valence-corrected chi connectivity index (χ3v) is 11.8. The van der Waals surface area contributed by atoms with Crippen LogP contribution < -0.4 is 5.32 Å². The molecule has 3 saturated heterocycles. The molecule has 296 valence electrons. The first-order valence-corrected chi connectivity index (χ1v) is 19.7. The molecule has 6 rings (SSSR count). The van der Waals surface area contributed by atoms with E-state index in [0.29, 0.717) is 81.7 Å². The summed E-state index contributed by atoms with van der Waals surface area (Å²) in [5.74, 6) is 0.964. The number of para-hydroxylation sites is 1. The summed E-state index contributed by atoms with van der Waals surface area (Å²) in [6.45, 7) is 10.9. The van der Waals surface area contributed by atoms with Crippen molar-refractivity contribution in [2.75, 3.05) is 64.3 Å². The van der Waals surface area contributed by atoms with E-state index in [-0.39, 0.29) is 43.5 Å². The summed E-state index contributed by atoms with van der Waals surface area (Å²) in [5, 5.41) is 13.4. The molecule has 54 heavy (non-hydrogen) atoms. The molecule has 0 unspecified atom stereocenters. The Morgan fingerprint density at radius 1 is 0.870 bits per heavy atom. The van der Waals surface area contributed by atoms with Gasteiger partial charge in [-0.2, -0.15) is 0 Å². The van der Waals surface area contributed by atoms with Crippen LogP contribution in [0.15, 0.2) is 36.4 Å². The van der Waals surface area contributed by atoms with Crippen molar-refractivity contribution in [3.63, 3.8) is 0 Å². The standard InChI is InChI=1S/C41H57N5O7.CH4/c1-4-23-52-37(47)27-43-16-9-31(10-17-43)32-11-18-44(19-12-32)39(49)36(26-30-24-28(2)38(48)29(3)25-30)53-41(51)45-20-14-34(15-21-45)46-22-13-33-7-5-6-8-35(33)42-40(46)50;/h5-8,24-25,31-32,34,36,48H,4,9-23,26-27H2,1-3H3,(H,42,50);1H4/t36-;/m1./s1. The van der Waals surface area contributed by atoms with Gasteiger partial charge in [0.15, 0.2) is 6.10 Å². The zero-order valence-corrected chi connectivity index (χ0v) is 31.7. The van der Waals surface area contributed by atoms with Crippen molar-refractivity contribution in [2.45, 2.75) is 98.1 Å². The first kappa shape index (κ1) is 40.9.